The molecule has 0 aliphatic heterocycles. The molecule has 5 heteroatoms. The molecule has 3 nitrogen and oxygen atoms in total. The largest absolute Gasteiger partial charge is 0.307 e. The van der Waals surface area contributed by atoms with Gasteiger partial charge in [0.2, 0.25) is 0 Å². The third-order valence-electron chi connectivity index (χ3n) is 4.71. The van der Waals surface area contributed by atoms with Crippen LogP contribution >= 0.6 is 0 Å². The van der Waals surface area contributed by atoms with E-state index in [4.69, 9.17) is 0 Å². The standard InChI is InChI=1S/C18H23F2N3/c1-11(2)18(13-9-21-23(3)10-13)22-15-6-12(7-15)16-5-4-14(19)8-17(16)20/h4-5,8-12,15,18,22H,6-7H2,1-3H3. The first-order valence-corrected chi connectivity index (χ1v) is 8.13. The Labute approximate surface area is 135 Å². The molecule has 0 spiro atoms. The minimum absolute atomic E-state index is 0.176. The molecule has 124 valence electrons. The average Bonchev–Trinajstić information content (AvgIpc) is 2.85. The highest BCUT2D eigenvalue weighted by Gasteiger charge is 2.34. The van der Waals surface area contributed by atoms with Gasteiger partial charge in [0.15, 0.2) is 0 Å². The summed E-state index contributed by atoms with van der Waals surface area (Å²) in [5.41, 5.74) is 1.81. The first kappa shape index (κ1) is 16.1. The molecule has 1 aromatic heterocycles. The van der Waals surface area contributed by atoms with Crippen molar-refractivity contribution in [3.63, 3.8) is 0 Å². The molecule has 1 aliphatic rings. The van der Waals surface area contributed by atoms with Crippen LogP contribution in [-0.4, -0.2) is 15.8 Å². The molecule has 0 radical (unpaired) electrons. The summed E-state index contributed by atoms with van der Waals surface area (Å²) < 4.78 is 28.6. The number of nitrogens with one attached hydrogen (secondary N) is 1. The summed E-state index contributed by atoms with van der Waals surface area (Å²) in [7, 11) is 1.91. The van der Waals surface area contributed by atoms with Crippen molar-refractivity contribution in [2.75, 3.05) is 0 Å². The van der Waals surface area contributed by atoms with E-state index in [9.17, 15) is 8.78 Å². The van der Waals surface area contributed by atoms with Gasteiger partial charge in [-0.25, -0.2) is 8.78 Å². The zero-order valence-corrected chi connectivity index (χ0v) is 13.8. The molecule has 23 heavy (non-hydrogen) atoms. The Morgan fingerprint density at radius 3 is 2.57 bits per heavy atom. The Balaban J connectivity index is 1.62. The normalized spacial score (nSPS) is 22.2. The molecule has 1 fully saturated rings. The Hall–Kier alpha value is -1.75. The van der Waals surface area contributed by atoms with Crippen LogP contribution in [0.4, 0.5) is 8.78 Å². The molecule has 2 aromatic rings. The van der Waals surface area contributed by atoms with Crippen molar-refractivity contribution in [3.8, 4) is 0 Å². The van der Waals surface area contributed by atoms with Gasteiger partial charge in [-0.1, -0.05) is 19.9 Å². The van der Waals surface area contributed by atoms with Crippen molar-refractivity contribution < 1.29 is 8.78 Å². The number of rotatable bonds is 5. The van der Waals surface area contributed by atoms with Crippen molar-refractivity contribution >= 4 is 0 Å². The predicted octanol–water partition coefficient (Wildman–Crippen LogP) is 3.93. The molecule has 1 heterocycles. The number of hydrogen-bond acceptors (Lipinski definition) is 2. The number of aromatic nitrogens is 2. The second-order valence-electron chi connectivity index (χ2n) is 6.87. The van der Waals surface area contributed by atoms with E-state index in [1.165, 1.54) is 11.6 Å². The van der Waals surface area contributed by atoms with Crippen molar-refractivity contribution in [2.24, 2.45) is 13.0 Å². The summed E-state index contributed by atoms with van der Waals surface area (Å²) in [5.74, 6) is -0.326. The van der Waals surface area contributed by atoms with E-state index >= 15 is 0 Å². The maximum atomic E-state index is 13.8. The fourth-order valence-corrected chi connectivity index (χ4v) is 3.37. The topological polar surface area (TPSA) is 29.9 Å². The summed E-state index contributed by atoms with van der Waals surface area (Å²) in [6.45, 7) is 4.36. The SMILES string of the molecule is CC(C)C(NC1CC(c2ccc(F)cc2F)C1)c1cnn(C)c1. The monoisotopic (exact) mass is 319 g/mol. The second-order valence-corrected chi connectivity index (χ2v) is 6.87. The number of nitrogens with zero attached hydrogens (tertiary/aromatic N) is 2. The summed E-state index contributed by atoms with van der Waals surface area (Å²) in [6, 6.07) is 4.49. The van der Waals surface area contributed by atoms with Crippen molar-refractivity contribution in [1.29, 1.82) is 0 Å². The molecule has 1 aliphatic carbocycles. The van der Waals surface area contributed by atoms with E-state index in [1.54, 1.807) is 6.07 Å². The van der Waals surface area contributed by atoms with Crippen LogP contribution in [0.3, 0.4) is 0 Å². The summed E-state index contributed by atoms with van der Waals surface area (Å²) >= 11 is 0. The molecule has 0 bridgehead atoms. The third-order valence-corrected chi connectivity index (χ3v) is 4.71. The quantitative estimate of drug-likeness (QED) is 0.905. The first-order chi connectivity index (χ1) is 10.9. The Morgan fingerprint density at radius 1 is 1.26 bits per heavy atom. The lowest BCUT2D eigenvalue weighted by Crippen LogP contribution is -2.43. The summed E-state index contributed by atoms with van der Waals surface area (Å²) in [4.78, 5) is 0. The molecule has 3 rings (SSSR count). The predicted molar refractivity (Wildman–Crippen MR) is 86.0 cm³/mol. The number of hydrogen-bond donors (Lipinski definition) is 1. The van der Waals surface area contributed by atoms with Crippen molar-refractivity contribution in [1.82, 2.24) is 15.1 Å². The van der Waals surface area contributed by atoms with E-state index < -0.39 is 11.6 Å². The van der Waals surface area contributed by atoms with E-state index in [-0.39, 0.29) is 12.0 Å². The molecular formula is C18H23F2N3. The van der Waals surface area contributed by atoms with Gasteiger partial charge in [0.25, 0.3) is 0 Å². The van der Waals surface area contributed by atoms with Crippen LogP contribution in [0.1, 0.15) is 49.8 Å². The number of benzene rings is 1. The van der Waals surface area contributed by atoms with E-state index in [0.29, 0.717) is 17.5 Å². The fourth-order valence-electron chi connectivity index (χ4n) is 3.37. The van der Waals surface area contributed by atoms with Gasteiger partial charge in [0.1, 0.15) is 11.6 Å². The maximum absolute atomic E-state index is 13.8. The van der Waals surface area contributed by atoms with Gasteiger partial charge in [0.05, 0.1) is 6.20 Å². The Morgan fingerprint density at radius 2 is 2.00 bits per heavy atom. The van der Waals surface area contributed by atoms with Gasteiger partial charge in [0, 0.05) is 37.0 Å². The molecule has 1 unspecified atom stereocenters. The molecule has 0 amide bonds. The zero-order valence-electron chi connectivity index (χ0n) is 13.8. The van der Waals surface area contributed by atoms with E-state index in [1.807, 2.05) is 24.1 Å². The number of halogens is 2. The van der Waals surface area contributed by atoms with Gasteiger partial charge < -0.3 is 5.32 Å². The van der Waals surface area contributed by atoms with Crippen LogP contribution in [0.15, 0.2) is 30.6 Å². The van der Waals surface area contributed by atoms with Gasteiger partial charge in [-0.3, -0.25) is 4.68 Å². The minimum atomic E-state index is -0.517. The highest BCUT2D eigenvalue weighted by atomic mass is 19.1. The summed E-state index contributed by atoms with van der Waals surface area (Å²) in [5, 5.41) is 7.91. The van der Waals surface area contributed by atoms with Crippen LogP contribution in [0, 0.1) is 17.6 Å². The van der Waals surface area contributed by atoms with Crippen LogP contribution < -0.4 is 5.32 Å². The molecule has 1 N–H and O–H groups in total. The average molecular weight is 319 g/mol. The summed E-state index contributed by atoms with van der Waals surface area (Å²) in [6.07, 6.45) is 5.69. The lowest BCUT2D eigenvalue weighted by Gasteiger charge is -2.39. The number of aryl methyl sites for hydroxylation is 1. The van der Waals surface area contributed by atoms with E-state index in [0.717, 1.165) is 18.9 Å². The van der Waals surface area contributed by atoms with Crippen LogP contribution in [0.25, 0.3) is 0 Å². The lowest BCUT2D eigenvalue weighted by molar-refractivity contribution is 0.238. The van der Waals surface area contributed by atoms with Gasteiger partial charge in [-0.05, 0) is 36.3 Å². The fraction of sp³-hybridized carbons (Fsp3) is 0.500. The molecule has 0 saturated heterocycles. The Bertz CT molecular complexity index is 675. The van der Waals surface area contributed by atoms with Crippen molar-refractivity contribution in [2.45, 2.75) is 44.7 Å². The highest BCUT2D eigenvalue weighted by molar-refractivity contribution is 5.26. The van der Waals surface area contributed by atoms with Crippen molar-refractivity contribution in [3.05, 3.63) is 53.4 Å². The molecule has 1 aromatic carbocycles. The zero-order chi connectivity index (χ0) is 16.6. The highest BCUT2D eigenvalue weighted by Crippen LogP contribution is 2.39. The smallest absolute Gasteiger partial charge is 0.129 e. The Kier molecular flexibility index (Phi) is 4.48. The second kappa shape index (κ2) is 6.40. The minimum Gasteiger partial charge on any atom is -0.307 e. The van der Waals surface area contributed by atoms with Crippen LogP contribution in [0.5, 0.6) is 0 Å². The third kappa shape index (κ3) is 3.44. The van der Waals surface area contributed by atoms with Gasteiger partial charge in [-0.2, -0.15) is 5.10 Å². The van der Waals surface area contributed by atoms with Crippen LogP contribution in [0.2, 0.25) is 0 Å². The molecule has 1 atom stereocenters. The van der Waals surface area contributed by atoms with Gasteiger partial charge in [-0.15, -0.1) is 0 Å². The van der Waals surface area contributed by atoms with Crippen LogP contribution in [-0.2, 0) is 7.05 Å². The molecular weight excluding hydrogens is 296 g/mol. The maximum Gasteiger partial charge on any atom is 0.129 e. The molecule has 1 saturated carbocycles. The first-order valence-electron chi connectivity index (χ1n) is 8.13. The van der Waals surface area contributed by atoms with E-state index in [2.05, 4.69) is 24.3 Å². The van der Waals surface area contributed by atoms with Gasteiger partial charge >= 0.3 is 0 Å². The lowest BCUT2D eigenvalue weighted by atomic mass is 9.75.